The predicted octanol–water partition coefficient (Wildman–Crippen LogP) is -0.302. The quantitative estimate of drug-likeness (QED) is 0.269. The van der Waals surface area contributed by atoms with Gasteiger partial charge in [0.1, 0.15) is 30.5 Å². The van der Waals surface area contributed by atoms with Crippen molar-refractivity contribution in [3.05, 3.63) is 11.6 Å². The van der Waals surface area contributed by atoms with Gasteiger partial charge in [-0.05, 0) is 67.8 Å². The number of ether oxygens (including phenoxy) is 2. The van der Waals surface area contributed by atoms with E-state index < -0.39 is 66.2 Å². The highest BCUT2D eigenvalue weighted by Crippen LogP contribution is 2.67. The van der Waals surface area contributed by atoms with Crippen molar-refractivity contribution in [2.24, 2.45) is 28.6 Å². The van der Waals surface area contributed by atoms with E-state index in [4.69, 9.17) is 9.47 Å². The summed E-state index contributed by atoms with van der Waals surface area (Å²) in [7, 11) is 0. The third kappa shape index (κ3) is 3.93. The molecule has 4 aliphatic carbocycles. The third-order valence-electron chi connectivity index (χ3n) is 10.7. The average Bonchev–Trinajstić information content (AvgIpc) is 3.13. The molecular formula is C27H38O11. The van der Waals surface area contributed by atoms with Crippen LogP contribution in [0.1, 0.15) is 58.8 Å². The summed E-state index contributed by atoms with van der Waals surface area (Å²) in [6.45, 7) is 3.23. The first-order valence-electron chi connectivity index (χ1n) is 13.5. The van der Waals surface area contributed by atoms with Crippen molar-refractivity contribution < 1.29 is 54.5 Å². The zero-order valence-electron chi connectivity index (χ0n) is 21.7. The maximum atomic E-state index is 13.5. The summed E-state index contributed by atoms with van der Waals surface area (Å²) in [6, 6.07) is 0. The lowest BCUT2D eigenvalue weighted by molar-refractivity contribution is -0.293. The topological polar surface area (TPSA) is 191 Å². The summed E-state index contributed by atoms with van der Waals surface area (Å²) in [5, 5.41) is 62.6. The molecule has 0 radical (unpaired) electrons. The number of carbonyl (C=O) groups excluding carboxylic acids is 2. The Morgan fingerprint density at radius 2 is 1.76 bits per heavy atom. The van der Waals surface area contributed by atoms with Crippen molar-refractivity contribution in [1.29, 1.82) is 0 Å². The Balaban J connectivity index is 1.33. The Bertz CT molecular complexity index is 1040. The Kier molecular flexibility index (Phi) is 6.91. The summed E-state index contributed by atoms with van der Waals surface area (Å²) in [4.78, 5) is 36.9. The van der Waals surface area contributed by atoms with Crippen LogP contribution in [-0.4, -0.2) is 97.2 Å². The van der Waals surface area contributed by atoms with Crippen molar-refractivity contribution in [1.82, 2.24) is 0 Å². The number of hydrogen-bond acceptors (Lipinski definition) is 10. The average molecular weight is 539 g/mol. The van der Waals surface area contributed by atoms with E-state index in [2.05, 4.69) is 6.92 Å². The second-order valence-corrected chi connectivity index (χ2v) is 12.4. The van der Waals surface area contributed by atoms with Crippen LogP contribution in [0.5, 0.6) is 0 Å². The van der Waals surface area contributed by atoms with Crippen LogP contribution in [0, 0.1) is 28.6 Å². The van der Waals surface area contributed by atoms with Crippen LogP contribution in [0.15, 0.2) is 11.6 Å². The standard InChI is InChI=1S/C27H38O11/c1-25-7-5-13(28)9-12(25)3-4-14-15-6-8-27(36,26(15,2)10-16(29)18(14)25)17(30)11-37-24-21(33)19(31)20(32)22(38-24)23(34)35/h9,14-16,18-22,24,29,31-33,36H,3-8,10-11H2,1-2H3,(H,34,35)/t14-,15-,16+,18+,19-,20-,21+,22-,24?,25-,26-,27-/m0/s1. The van der Waals surface area contributed by atoms with E-state index in [1.807, 2.05) is 6.92 Å². The number of allylic oxidation sites excluding steroid dienone is 1. The maximum Gasteiger partial charge on any atom is 0.335 e. The number of fused-ring (bicyclic) bond motifs is 5. The van der Waals surface area contributed by atoms with Crippen LogP contribution < -0.4 is 0 Å². The van der Waals surface area contributed by atoms with Crippen LogP contribution in [0.4, 0.5) is 0 Å². The lowest BCUT2D eigenvalue weighted by Crippen LogP contribution is -2.63. The zero-order valence-corrected chi connectivity index (χ0v) is 21.7. The number of aliphatic hydroxyl groups excluding tert-OH is 4. The molecule has 11 heteroatoms. The van der Waals surface area contributed by atoms with Crippen molar-refractivity contribution >= 4 is 17.5 Å². The predicted molar refractivity (Wildman–Crippen MR) is 128 cm³/mol. The molecule has 5 rings (SSSR count). The summed E-state index contributed by atoms with van der Waals surface area (Å²) < 4.78 is 10.5. The van der Waals surface area contributed by atoms with Gasteiger partial charge in [0.25, 0.3) is 0 Å². The van der Waals surface area contributed by atoms with Crippen molar-refractivity contribution in [2.45, 2.75) is 101 Å². The van der Waals surface area contributed by atoms with E-state index in [1.54, 1.807) is 6.08 Å². The number of ketones is 2. The molecule has 38 heavy (non-hydrogen) atoms. The van der Waals surface area contributed by atoms with Crippen LogP contribution in [-0.2, 0) is 23.9 Å². The van der Waals surface area contributed by atoms with E-state index in [1.165, 1.54) is 0 Å². The summed E-state index contributed by atoms with van der Waals surface area (Å²) >= 11 is 0. The van der Waals surface area contributed by atoms with Gasteiger partial charge in [-0.15, -0.1) is 0 Å². The minimum Gasteiger partial charge on any atom is -0.479 e. The first-order chi connectivity index (χ1) is 17.7. The fraction of sp³-hybridized carbons (Fsp3) is 0.815. The monoisotopic (exact) mass is 538 g/mol. The molecule has 0 aromatic rings. The van der Waals surface area contributed by atoms with E-state index in [9.17, 15) is 45.0 Å². The molecule has 5 aliphatic rings. The number of Topliss-reactive ketones (excluding diaryl/α,β-unsaturated/α-hetero) is 1. The van der Waals surface area contributed by atoms with E-state index >= 15 is 0 Å². The Morgan fingerprint density at radius 3 is 2.45 bits per heavy atom. The highest BCUT2D eigenvalue weighted by molar-refractivity contribution is 5.92. The highest BCUT2D eigenvalue weighted by Gasteiger charge is 2.68. The molecule has 3 saturated carbocycles. The van der Waals surface area contributed by atoms with Gasteiger partial charge in [0, 0.05) is 11.8 Å². The molecule has 0 amide bonds. The van der Waals surface area contributed by atoms with Crippen LogP contribution in [0.3, 0.4) is 0 Å². The number of carboxylic acid groups (broad SMARTS) is 1. The number of hydrogen-bond donors (Lipinski definition) is 6. The highest BCUT2D eigenvalue weighted by atomic mass is 16.7. The van der Waals surface area contributed by atoms with Gasteiger partial charge in [0.2, 0.25) is 0 Å². The SMILES string of the molecule is C[C@]12CCC(=O)C=C1CC[C@@H]1[C@@H]2[C@H](O)C[C@@]2(C)[C@H]1CC[C@]2(O)C(=O)COC1O[C@H](C(=O)O)[C@@H](O)[C@H](O)[C@H]1O. The van der Waals surface area contributed by atoms with Crippen molar-refractivity contribution in [2.75, 3.05) is 6.61 Å². The van der Waals surface area contributed by atoms with Crippen LogP contribution in [0.2, 0.25) is 0 Å². The van der Waals surface area contributed by atoms with Gasteiger partial charge in [-0.25, -0.2) is 4.79 Å². The molecule has 0 aromatic heterocycles. The Hall–Kier alpha value is -1.73. The molecule has 12 atom stereocenters. The van der Waals surface area contributed by atoms with Gasteiger partial charge >= 0.3 is 5.97 Å². The normalized spacial score (nSPS) is 50.4. The summed E-state index contributed by atoms with van der Waals surface area (Å²) in [6.07, 6.45) is -4.58. The largest absolute Gasteiger partial charge is 0.479 e. The maximum absolute atomic E-state index is 13.5. The molecule has 0 aromatic carbocycles. The summed E-state index contributed by atoms with van der Waals surface area (Å²) in [5.41, 5.74) is -1.98. The molecule has 4 fully saturated rings. The van der Waals surface area contributed by atoms with Gasteiger partial charge < -0.3 is 40.1 Å². The van der Waals surface area contributed by atoms with E-state index in [0.717, 1.165) is 18.4 Å². The molecule has 0 spiro atoms. The molecule has 1 saturated heterocycles. The third-order valence-corrected chi connectivity index (χ3v) is 10.7. The smallest absolute Gasteiger partial charge is 0.335 e. The minimum atomic E-state index is -1.89. The van der Waals surface area contributed by atoms with Crippen molar-refractivity contribution in [3.8, 4) is 0 Å². The van der Waals surface area contributed by atoms with Gasteiger partial charge in [-0.3, -0.25) is 9.59 Å². The van der Waals surface area contributed by atoms with E-state index in [-0.39, 0.29) is 41.8 Å². The molecular weight excluding hydrogens is 500 g/mol. The second kappa shape index (κ2) is 9.43. The first kappa shape index (κ1) is 27.8. The number of rotatable bonds is 5. The molecule has 1 unspecified atom stereocenters. The number of aliphatic hydroxyl groups is 5. The van der Waals surface area contributed by atoms with Gasteiger partial charge in [-0.1, -0.05) is 19.4 Å². The van der Waals surface area contributed by atoms with Crippen LogP contribution in [0.25, 0.3) is 0 Å². The number of aliphatic carboxylic acids is 1. The van der Waals surface area contributed by atoms with Crippen LogP contribution >= 0.6 is 0 Å². The van der Waals surface area contributed by atoms with Gasteiger partial charge in [0.05, 0.1) is 6.10 Å². The molecule has 212 valence electrons. The molecule has 11 nitrogen and oxygen atoms in total. The zero-order chi connectivity index (χ0) is 27.8. The molecule has 6 N–H and O–H groups in total. The fourth-order valence-corrected chi connectivity index (χ4v) is 8.62. The number of carboxylic acids is 1. The fourth-order valence-electron chi connectivity index (χ4n) is 8.62. The molecule has 0 bridgehead atoms. The number of carbonyl (C=O) groups is 3. The first-order valence-corrected chi connectivity index (χ1v) is 13.5. The molecule has 1 heterocycles. The lowest BCUT2D eigenvalue weighted by Gasteiger charge is -2.60. The Labute approximate surface area is 220 Å². The van der Waals surface area contributed by atoms with Gasteiger partial charge in [-0.2, -0.15) is 0 Å². The summed E-state index contributed by atoms with van der Waals surface area (Å²) in [5.74, 6) is -2.17. The Morgan fingerprint density at radius 1 is 1.05 bits per heavy atom. The minimum absolute atomic E-state index is 0.0364. The second-order valence-electron chi connectivity index (χ2n) is 12.4. The van der Waals surface area contributed by atoms with Gasteiger partial charge in [0.15, 0.2) is 24.0 Å². The van der Waals surface area contributed by atoms with Crippen molar-refractivity contribution in [3.63, 3.8) is 0 Å². The van der Waals surface area contributed by atoms with E-state index in [0.29, 0.717) is 19.3 Å². The lowest BCUT2D eigenvalue weighted by atomic mass is 9.45. The molecule has 1 aliphatic heterocycles.